The summed E-state index contributed by atoms with van der Waals surface area (Å²) in [5.74, 6) is -0.533. The molecule has 1 fully saturated rings. The summed E-state index contributed by atoms with van der Waals surface area (Å²) < 4.78 is 6.24. The number of esters is 1. The van der Waals surface area contributed by atoms with Crippen LogP contribution in [-0.4, -0.2) is 46.3 Å². The van der Waals surface area contributed by atoms with Crippen LogP contribution in [0.5, 0.6) is 0 Å². The van der Waals surface area contributed by atoms with Gasteiger partial charge in [0.05, 0.1) is 13.7 Å². The SMILES string of the molecule is COC(=O)c1cc2n(n1)CC(C)(C(=O)NC1CCC(C)CC1)N(c1cc(C)ccc1C)C2=O. The minimum atomic E-state index is -1.22. The van der Waals surface area contributed by atoms with Crippen LogP contribution in [0.15, 0.2) is 24.3 Å². The van der Waals surface area contributed by atoms with E-state index in [0.717, 1.165) is 36.8 Å². The van der Waals surface area contributed by atoms with Crippen molar-refractivity contribution in [1.29, 1.82) is 0 Å². The lowest BCUT2D eigenvalue weighted by Gasteiger charge is -2.44. The van der Waals surface area contributed by atoms with Gasteiger partial charge in [-0.15, -0.1) is 0 Å². The molecule has 1 atom stereocenters. The number of anilines is 1. The molecular formula is C25H32N4O4. The first kappa shape index (κ1) is 23.0. The molecule has 8 heteroatoms. The number of amides is 2. The van der Waals surface area contributed by atoms with Crippen LogP contribution in [0.2, 0.25) is 0 Å². The average Bonchev–Trinajstić information content (AvgIpc) is 3.21. The van der Waals surface area contributed by atoms with E-state index in [0.29, 0.717) is 11.6 Å². The Balaban J connectivity index is 1.77. The number of fused-ring (bicyclic) bond motifs is 1. The molecule has 1 aromatic heterocycles. The summed E-state index contributed by atoms with van der Waals surface area (Å²) in [6.07, 6.45) is 4.01. The van der Waals surface area contributed by atoms with Crippen LogP contribution in [0.1, 0.15) is 71.6 Å². The van der Waals surface area contributed by atoms with Gasteiger partial charge in [-0.05, 0) is 69.6 Å². The standard InChI is InChI=1S/C25H32N4O4/c1-15-7-10-18(11-8-15)26-24(32)25(4)14-28-21(13-19(27-28)23(31)33-5)22(30)29(25)20-12-16(2)6-9-17(20)3/h6,9,12-13,15,18H,7-8,10-11,14H2,1-5H3,(H,26,32). The Morgan fingerprint density at radius 2 is 1.85 bits per heavy atom. The molecule has 2 aromatic rings. The number of rotatable bonds is 4. The molecule has 0 bridgehead atoms. The van der Waals surface area contributed by atoms with Crippen molar-refractivity contribution < 1.29 is 19.1 Å². The number of nitrogens with one attached hydrogen (secondary N) is 1. The smallest absolute Gasteiger partial charge is 0.358 e. The third kappa shape index (κ3) is 4.14. The normalized spacial score (nSPS) is 24.9. The molecule has 1 saturated carbocycles. The Bertz CT molecular complexity index is 1100. The second kappa shape index (κ2) is 8.65. The van der Waals surface area contributed by atoms with E-state index < -0.39 is 11.5 Å². The minimum absolute atomic E-state index is 0.0488. The number of aromatic nitrogens is 2. The van der Waals surface area contributed by atoms with E-state index in [1.54, 1.807) is 11.8 Å². The quantitative estimate of drug-likeness (QED) is 0.718. The molecule has 1 N–H and O–H groups in total. The zero-order valence-electron chi connectivity index (χ0n) is 20.0. The number of nitrogens with zero attached hydrogens (tertiary/aromatic N) is 3. The molecule has 0 radical (unpaired) electrons. The lowest BCUT2D eigenvalue weighted by atomic mass is 9.86. The third-order valence-corrected chi connectivity index (χ3v) is 6.99. The Morgan fingerprint density at radius 1 is 1.15 bits per heavy atom. The molecule has 176 valence electrons. The molecular weight excluding hydrogens is 420 g/mol. The number of methoxy groups -OCH3 is 1. The molecule has 33 heavy (non-hydrogen) atoms. The van der Waals surface area contributed by atoms with Crippen molar-refractivity contribution in [3.8, 4) is 0 Å². The Morgan fingerprint density at radius 3 is 2.52 bits per heavy atom. The first-order valence-corrected chi connectivity index (χ1v) is 11.5. The van der Waals surface area contributed by atoms with Crippen molar-refractivity contribution in [3.05, 3.63) is 46.8 Å². The van der Waals surface area contributed by atoms with Crippen LogP contribution in [0.3, 0.4) is 0 Å². The Hall–Kier alpha value is -3.16. The van der Waals surface area contributed by atoms with Gasteiger partial charge in [0.15, 0.2) is 5.69 Å². The van der Waals surface area contributed by atoms with Crippen molar-refractivity contribution in [1.82, 2.24) is 15.1 Å². The van der Waals surface area contributed by atoms with Gasteiger partial charge >= 0.3 is 5.97 Å². The zero-order valence-corrected chi connectivity index (χ0v) is 20.0. The fourth-order valence-electron chi connectivity index (χ4n) is 4.87. The van der Waals surface area contributed by atoms with Crippen molar-refractivity contribution in [2.45, 2.75) is 71.5 Å². The van der Waals surface area contributed by atoms with E-state index in [1.807, 2.05) is 32.0 Å². The molecule has 2 heterocycles. The van der Waals surface area contributed by atoms with Crippen molar-refractivity contribution in [2.24, 2.45) is 5.92 Å². The number of carbonyl (C=O) groups is 3. The van der Waals surface area contributed by atoms with Crippen molar-refractivity contribution in [2.75, 3.05) is 12.0 Å². The van der Waals surface area contributed by atoms with Crippen LogP contribution in [-0.2, 0) is 16.1 Å². The Kier molecular flexibility index (Phi) is 6.03. The minimum Gasteiger partial charge on any atom is -0.464 e. The third-order valence-electron chi connectivity index (χ3n) is 6.99. The predicted octanol–water partition coefficient (Wildman–Crippen LogP) is 3.40. The van der Waals surface area contributed by atoms with E-state index >= 15 is 0 Å². The molecule has 4 rings (SSSR count). The van der Waals surface area contributed by atoms with E-state index in [9.17, 15) is 14.4 Å². The monoisotopic (exact) mass is 452 g/mol. The van der Waals surface area contributed by atoms with Gasteiger partial charge in [0.25, 0.3) is 5.91 Å². The second-order valence-electron chi connectivity index (χ2n) is 9.70. The van der Waals surface area contributed by atoms with Crippen LogP contribution in [0.4, 0.5) is 5.69 Å². The first-order chi connectivity index (χ1) is 15.6. The summed E-state index contributed by atoms with van der Waals surface area (Å²) in [6.45, 7) is 8.02. The maximum atomic E-state index is 13.8. The number of carbonyl (C=O) groups excluding carboxylic acids is 3. The molecule has 1 aromatic carbocycles. The van der Waals surface area contributed by atoms with Gasteiger partial charge in [0.2, 0.25) is 5.91 Å². The van der Waals surface area contributed by atoms with Gasteiger partial charge in [-0.25, -0.2) is 4.79 Å². The number of aryl methyl sites for hydroxylation is 2. The Labute approximate surface area is 194 Å². The molecule has 1 unspecified atom stereocenters. The van der Waals surface area contributed by atoms with Crippen LogP contribution in [0.25, 0.3) is 0 Å². The highest BCUT2D eigenvalue weighted by atomic mass is 16.5. The fraction of sp³-hybridized carbons (Fsp3) is 0.520. The summed E-state index contributed by atoms with van der Waals surface area (Å²) in [4.78, 5) is 41.2. The number of hydrogen-bond donors (Lipinski definition) is 1. The second-order valence-corrected chi connectivity index (χ2v) is 9.70. The lowest BCUT2D eigenvalue weighted by Crippen LogP contribution is -2.65. The molecule has 2 amide bonds. The topological polar surface area (TPSA) is 93.5 Å². The van der Waals surface area contributed by atoms with Gasteiger partial charge in [-0.3, -0.25) is 19.2 Å². The van der Waals surface area contributed by atoms with Crippen molar-refractivity contribution in [3.63, 3.8) is 0 Å². The maximum absolute atomic E-state index is 13.8. The largest absolute Gasteiger partial charge is 0.464 e. The lowest BCUT2D eigenvalue weighted by molar-refractivity contribution is -0.127. The average molecular weight is 453 g/mol. The van der Waals surface area contributed by atoms with Gasteiger partial charge in [-0.2, -0.15) is 5.10 Å². The summed E-state index contributed by atoms with van der Waals surface area (Å²) >= 11 is 0. The van der Waals surface area contributed by atoms with Gasteiger partial charge in [0, 0.05) is 17.8 Å². The summed E-state index contributed by atoms with van der Waals surface area (Å²) in [6, 6.07) is 7.38. The van der Waals surface area contributed by atoms with Crippen molar-refractivity contribution >= 4 is 23.5 Å². The summed E-state index contributed by atoms with van der Waals surface area (Å²) in [5.41, 5.74) is 1.65. The fourth-order valence-corrected chi connectivity index (χ4v) is 4.87. The van der Waals surface area contributed by atoms with E-state index in [2.05, 4.69) is 17.3 Å². The highest BCUT2D eigenvalue weighted by Crippen LogP contribution is 2.36. The number of benzene rings is 1. The zero-order chi connectivity index (χ0) is 23.9. The maximum Gasteiger partial charge on any atom is 0.358 e. The van der Waals surface area contributed by atoms with Crippen LogP contribution < -0.4 is 10.2 Å². The van der Waals surface area contributed by atoms with Gasteiger partial charge < -0.3 is 10.1 Å². The van der Waals surface area contributed by atoms with Crippen LogP contribution in [0, 0.1) is 19.8 Å². The summed E-state index contributed by atoms with van der Waals surface area (Å²) in [7, 11) is 1.27. The van der Waals surface area contributed by atoms with Gasteiger partial charge in [-0.1, -0.05) is 19.1 Å². The first-order valence-electron chi connectivity index (χ1n) is 11.5. The van der Waals surface area contributed by atoms with Crippen LogP contribution >= 0.6 is 0 Å². The number of ether oxygens (including phenoxy) is 1. The number of hydrogen-bond acceptors (Lipinski definition) is 5. The van der Waals surface area contributed by atoms with Gasteiger partial charge in [0.1, 0.15) is 11.2 Å². The van der Waals surface area contributed by atoms with E-state index in [-0.39, 0.29) is 35.8 Å². The molecule has 1 aliphatic carbocycles. The predicted molar refractivity (Wildman–Crippen MR) is 124 cm³/mol. The van der Waals surface area contributed by atoms with E-state index in [1.165, 1.54) is 17.9 Å². The molecule has 2 aliphatic rings. The molecule has 0 spiro atoms. The van der Waals surface area contributed by atoms with E-state index in [4.69, 9.17) is 4.74 Å². The highest BCUT2D eigenvalue weighted by molar-refractivity contribution is 6.12. The molecule has 1 aliphatic heterocycles. The molecule has 0 saturated heterocycles. The molecule has 8 nitrogen and oxygen atoms in total. The summed E-state index contributed by atoms with van der Waals surface area (Å²) in [5, 5.41) is 7.50. The highest BCUT2D eigenvalue weighted by Gasteiger charge is 2.50.